The van der Waals surface area contributed by atoms with Crippen LogP contribution in [0.25, 0.3) is 0 Å². The van der Waals surface area contributed by atoms with Crippen molar-refractivity contribution in [3.8, 4) is 0 Å². The van der Waals surface area contributed by atoms with Gasteiger partial charge in [0.2, 0.25) is 5.91 Å². The van der Waals surface area contributed by atoms with Crippen molar-refractivity contribution >= 4 is 11.8 Å². The summed E-state index contributed by atoms with van der Waals surface area (Å²) in [5.41, 5.74) is -0.421. The fourth-order valence-corrected chi connectivity index (χ4v) is 3.95. The van der Waals surface area contributed by atoms with Gasteiger partial charge >= 0.3 is 0 Å². The minimum Gasteiger partial charge on any atom is -0.387 e. The van der Waals surface area contributed by atoms with Crippen molar-refractivity contribution in [3.05, 3.63) is 35.6 Å². The number of ether oxygens (including phenoxy) is 1. The maximum absolute atomic E-state index is 13.1. The number of carbonyl (C=O) groups is 2. The summed E-state index contributed by atoms with van der Waals surface area (Å²) in [6.07, 6.45) is 2.52. The van der Waals surface area contributed by atoms with Gasteiger partial charge in [0.15, 0.2) is 0 Å². The molecule has 27 heavy (non-hydrogen) atoms. The summed E-state index contributed by atoms with van der Waals surface area (Å²) < 4.78 is 18.1. The molecule has 0 aromatic heterocycles. The molecule has 0 saturated carbocycles. The van der Waals surface area contributed by atoms with Crippen molar-refractivity contribution in [2.24, 2.45) is 5.92 Å². The third-order valence-electron chi connectivity index (χ3n) is 5.57. The molecule has 7 heteroatoms. The fourth-order valence-electron chi connectivity index (χ4n) is 3.95. The van der Waals surface area contributed by atoms with E-state index in [0.717, 1.165) is 12.8 Å². The Bertz CT molecular complexity index is 671. The van der Waals surface area contributed by atoms with Gasteiger partial charge in [0.25, 0.3) is 5.91 Å². The van der Waals surface area contributed by atoms with Crippen LogP contribution in [0, 0.1) is 11.7 Å². The van der Waals surface area contributed by atoms with E-state index in [2.05, 4.69) is 0 Å². The van der Waals surface area contributed by atoms with Crippen molar-refractivity contribution in [3.63, 3.8) is 0 Å². The van der Waals surface area contributed by atoms with Gasteiger partial charge in [-0.1, -0.05) is 0 Å². The summed E-state index contributed by atoms with van der Waals surface area (Å²) in [5.74, 6) is -0.722. The third-order valence-corrected chi connectivity index (χ3v) is 5.57. The SMILES string of the molecule is COCC1(O)CCN(C(=O)C2CCCN(C(=O)c3ccc(F)cc3)C2)CC1. The second-order valence-electron chi connectivity index (χ2n) is 7.58. The summed E-state index contributed by atoms with van der Waals surface area (Å²) in [5, 5.41) is 10.4. The number of halogens is 1. The van der Waals surface area contributed by atoms with E-state index in [1.807, 2.05) is 0 Å². The van der Waals surface area contributed by atoms with E-state index in [1.54, 1.807) is 16.9 Å². The average molecular weight is 378 g/mol. The molecule has 1 unspecified atom stereocenters. The molecule has 2 saturated heterocycles. The average Bonchev–Trinajstić information content (AvgIpc) is 2.68. The molecule has 2 fully saturated rings. The molecule has 0 bridgehead atoms. The minimum absolute atomic E-state index is 0.0473. The predicted molar refractivity (Wildman–Crippen MR) is 97.7 cm³/mol. The Labute approximate surface area is 158 Å². The standard InChI is InChI=1S/C20H27FN2O4/c1-27-14-20(26)8-11-22(12-9-20)19(25)16-3-2-10-23(13-16)18(24)15-4-6-17(21)7-5-15/h4-7,16,26H,2-3,8-14H2,1H3. The van der Waals surface area contributed by atoms with E-state index < -0.39 is 5.60 Å². The van der Waals surface area contributed by atoms with Crippen LogP contribution in [0.1, 0.15) is 36.0 Å². The number of nitrogens with zero attached hydrogens (tertiary/aromatic N) is 2. The van der Waals surface area contributed by atoms with E-state index in [9.17, 15) is 19.1 Å². The van der Waals surface area contributed by atoms with E-state index in [4.69, 9.17) is 4.74 Å². The number of rotatable bonds is 4. The first-order valence-electron chi connectivity index (χ1n) is 9.47. The first-order chi connectivity index (χ1) is 12.9. The highest BCUT2D eigenvalue weighted by Crippen LogP contribution is 2.26. The Balaban J connectivity index is 1.58. The van der Waals surface area contributed by atoms with E-state index in [0.29, 0.717) is 44.6 Å². The number of likely N-dealkylation sites (tertiary alicyclic amines) is 2. The fraction of sp³-hybridized carbons (Fsp3) is 0.600. The third kappa shape index (κ3) is 4.65. The van der Waals surface area contributed by atoms with Gasteiger partial charge in [-0.3, -0.25) is 9.59 Å². The summed E-state index contributed by atoms with van der Waals surface area (Å²) in [7, 11) is 1.56. The zero-order valence-electron chi connectivity index (χ0n) is 15.7. The molecule has 2 aliphatic heterocycles. The normalized spacial score (nSPS) is 22.6. The van der Waals surface area contributed by atoms with Crippen LogP contribution in [0.2, 0.25) is 0 Å². The van der Waals surface area contributed by atoms with Crippen molar-refractivity contribution in [2.45, 2.75) is 31.3 Å². The van der Waals surface area contributed by atoms with Crippen LogP contribution < -0.4 is 0 Å². The molecule has 6 nitrogen and oxygen atoms in total. The number of methoxy groups -OCH3 is 1. The van der Waals surface area contributed by atoms with Gasteiger partial charge in [0.1, 0.15) is 5.82 Å². The molecule has 2 aliphatic rings. The quantitative estimate of drug-likeness (QED) is 0.865. The van der Waals surface area contributed by atoms with E-state index in [-0.39, 0.29) is 30.2 Å². The lowest BCUT2D eigenvalue weighted by Crippen LogP contribution is -2.52. The summed E-state index contributed by atoms with van der Waals surface area (Å²) in [4.78, 5) is 29.0. The van der Waals surface area contributed by atoms with Gasteiger partial charge in [-0.05, 0) is 49.9 Å². The zero-order valence-corrected chi connectivity index (χ0v) is 15.7. The summed E-state index contributed by atoms with van der Waals surface area (Å²) in [6, 6.07) is 5.50. The maximum atomic E-state index is 13.1. The van der Waals surface area contributed by atoms with E-state index in [1.165, 1.54) is 24.3 Å². The molecule has 0 aliphatic carbocycles. The lowest BCUT2D eigenvalue weighted by molar-refractivity contribution is -0.143. The second kappa shape index (κ2) is 8.35. The Morgan fingerprint density at radius 2 is 1.85 bits per heavy atom. The molecule has 3 rings (SSSR count). The number of hydrogen-bond acceptors (Lipinski definition) is 4. The van der Waals surface area contributed by atoms with Gasteiger partial charge in [-0.2, -0.15) is 0 Å². The molecule has 2 amide bonds. The van der Waals surface area contributed by atoms with Gasteiger partial charge in [0.05, 0.1) is 18.1 Å². The van der Waals surface area contributed by atoms with Crippen LogP contribution in [-0.4, -0.2) is 72.2 Å². The molecular formula is C20H27FN2O4. The molecule has 1 aromatic carbocycles. The molecule has 1 aromatic rings. The van der Waals surface area contributed by atoms with Crippen LogP contribution in [0.15, 0.2) is 24.3 Å². The van der Waals surface area contributed by atoms with Gasteiger partial charge in [-0.25, -0.2) is 4.39 Å². The van der Waals surface area contributed by atoms with Crippen molar-refractivity contribution in [1.82, 2.24) is 9.80 Å². The van der Waals surface area contributed by atoms with Gasteiger partial charge in [-0.15, -0.1) is 0 Å². The topological polar surface area (TPSA) is 70.1 Å². The van der Waals surface area contributed by atoms with Crippen molar-refractivity contribution < 1.29 is 23.8 Å². The number of amides is 2. The Morgan fingerprint density at radius 1 is 1.19 bits per heavy atom. The molecular weight excluding hydrogens is 351 g/mol. The molecule has 0 spiro atoms. The Morgan fingerprint density at radius 3 is 2.48 bits per heavy atom. The number of aliphatic hydroxyl groups is 1. The second-order valence-corrected chi connectivity index (χ2v) is 7.58. The van der Waals surface area contributed by atoms with Gasteiger partial charge < -0.3 is 19.6 Å². The monoisotopic (exact) mass is 378 g/mol. The highest BCUT2D eigenvalue weighted by molar-refractivity contribution is 5.94. The van der Waals surface area contributed by atoms with Crippen molar-refractivity contribution in [1.29, 1.82) is 0 Å². The zero-order chi connectivity index (χ0) is 19.4. The van der Waals surface area contributed by atoms with Crippen LogP contribution >= 0.6 is 0 Å². The van der Waals surface area contributed by atoms with E-state index >= 15 is 0 Å². The number of hydrogen-bond donors (Lipinski definition) is 1. The summed E-state index contributed by atoms with van der Waals surface area (Å²) in [6.45, 7) is 2.27. The molecule has 1 N–H and O–H groups in total. The largest absolute Gasteiger partial charge is 0.387 e. The summed E-state index contributed by atoms with van der Waals surface area (Å²) >= 11 is 0. The van der Waals surface area contributed by atoms with Crippen LogP contribution in [0.4, 0.5) is 4.39 Å². The maximum Gasteiger partial charge on any atom is 0.253 e. The lowest BCUT2D eigenvalue weighted by Gasteiger charge is -2.40. The van der Waals surface area contributed by atoms with Crippen LogP contribution in [0.5, 0.6) is 0 Å². The smallest absolute Gasteiger partial charge is 0.253 e. The number of benzene rings is 1. The molecule has 1 atom stereocenters. The van der Waals surface area contributed by atoms with Crippen LogP contribution in [-0.2, 0) is 9.53 Å². The van der Waals surface area contributed by atoms with Crippen molar-refractivity contribution in [2.75, 3.05) is 39.9 Å². The molecule has 2 heterocycles. The highest BCUT2D eigenvalue weighted by atomic mass is 19.1. The first-order valence-corrected chi connectivity index (χ1v) is 9.47. The van der Waals surface area contributed by atoms with Gasteiger partial charge in [0, 0.05) is 38.9 Å². The number of piperidine rings is 2. The van der Waals surface area contributed by atoms with Crippen LogP contribution in [0.3, 0.4) is 0 Å². The highest BCUT2D eigenvalue weighted by Gasteiger charge is 2.37. The number of carbonyl (C=O) groups excluding carboxylic acids is 2. The Hall–Kier alpha value is -1.99. The molecule has 148 valence electrons. The first kappa shape index (κ1) is 19.8. The minimum atomic E-state index is -0.858. The lowest BCUT2D eigenvalue weighted by atomic mass is 9.90. The Kier molecular flexibility index (Phi) is 6.11. The predicted octanol–water partition coefficient (Wildman–Crippen LogP) is 1.68. The molecule has 0 radical (unpaired) electrons.